The molecule has 0 bridgehead atoms. The molecule has 1 unspecified atom stereocenters. The highest BCUT2D eigenvalue weighted by Gasteiger charge is 2.27. The molecule has 7 heteroatoms. The third kappa shape index (κ3) is 5.15. The van der Waals surface area contributed by atoms with Crippen molar-refractivity contribution in [2.75, 3.05) is 19.6 Å². The molecule has 1 aromatic rings. The fraction of sp³-hybridized carbons (Fsp3) is 0.389. The maximum absolute atomic E-state index is 9.90. The quantitative estimate of drug-likeness (QED) is 0.718. The molecule has 0 aliphatic carbocycles. The van der Waals surface area contributed by atoms with Crippen molar-refractivity contribution in [2.45, 2.75) is 26.4 Å². The first-order valence-corrected chi connectivity index (χ1v) is 8.12. The molecule has 0 amide bonds. The second-order valence-electron chi connectivity index (χ2n) is 6.01. The molecule has 1 aromatic carbocycles. The molecule has 25 heavy (non-hydrogen) atoms. The van der Waals surface area contributed by atoms with Crippen LogP contribution in [0, 0.1) is 0 Å². The summed E-state index contributed by atoms with van der Waals surface area (Å²) < 4.78 is 0. The summed E-state index contributed by atoms with van der Waals surface area (Å²) >= 11 is 0. The van der Waals surface area contributed by atoms with Gasteiger partial charge in [-0.05, 0) is 25.0 Å². The maximum Gasteiger partial charge on any atom is 0.331 e. The molecule has 2 aliphatic rings. The zero-order chi connectivity index (χ0) is 18.4. The van der Waals surface area contributed by atoms with Gasteiger partial charge in [-0.1, -0.05) is 24.3 Å². The van der Waals surface area contributed by atoms with Crippen LogP contribution in [-0.4, -0.2) is 52.5 Å². The lowest BCUT2D eigenvalue weighted by Crippen LogP contribution is -2.33. The molecule has 3 rings (SSSR count). The van der Waals surface area contributed by atoms with Crippen LogP contribution in [0.4, 0.5) is 0 Å². The van der Waals surface area contributed by atoms with E-state index in [0.29, 0.717) is 12.1 Å². The van der Waals surface area contributed by atoms with E-state index in [0.717, 1.165) is 32.0 Å². The van der Waals surface area contributed by atoms with Gasteiger partial charge in [-0.25, -0.2) is 9.59 Å². The molecule has 0 saturated heterocycles. The number of carbonyl (C=O) groups is 2. The minimum Gasteiger partial charge on any atom is -0.478 e. The van der Waals surface area contributed by atoms with Crippen LogP contribution in [-0.2, 0) is 16.1 Å². The lowest BCUT2D eigenvalue weighted by Gasteiger charge is -2.21. The van der Waals surface area contributed by atoms with Gasteiger partial charge in [0.25, 0.3) is 0 Å². The van der Waals surface area contributed by atoms with Gasteiger partial charge >= 0.3 is 11.9 Å². The third-order valence-electron chi connectivity index (χ3n) is 4.20. The highest BCUT2D eigenvalue weighted by atomic mass is 16.4. The van der Waals surface area contributed by atoms with E-state index in [2.05, 4.69) is 46.4 Å². The van der Waals surface area contributed by atoms with Crippen molar-refractivity contribution in [1.29, 1.82) is 0 Å². The second-order valence-corrected chi connectivity index (χ2v) is 6.01. The molecule has 0 spiro atoms. The molecule has 2 aliphatic heterocycles. The number of benzene rings is 1. The first kappa shape index (κ1) is 18.7. The summed E-state index contributed by atoms with van der Waals surface area (Å²) in [5.74, 6) is -1.30. The Bertz CT molecular complexity index is 712. The second kappa shape index (κ2) is 8.43. The SMILES string of the molecule is C/C(=C/C(=O)O)C(=O)O.CC1c2ccccc2CN1CC1=NCCN1. The van der Waals surface area contributed by atoms with Gasteiger partial charge in [0.15, 0.2) is 0 Å². The minimum absolute atomic E-state index is 0.178. The topological polar surface area (TPSA) is 102 Å². The number of amidine groups is 1. The number of rotatable bonds is 4. The Morgan fingerprint density at radius 1 is 1.36 bits per heavy atom. The number of hydrogen-bond donors (Lipinski definition) is 3. The summed E-state index contributed by atoms with van der Waals surface area (Å²) in [6.45, 7) is 7.45. The van der Waals surface area contributed by atoms with E-state index in [4.69, 9.17) is 10.2 Å². The van der Waals surface area contributed by atoms with Crippen LogP contribution in [0.5, 0.6) is 0 Å². The van der Waals surface area contributed by atoms with Crippen LogP contribution in [0.1, 0.15) is 31.0 Å². The van der Waals surface area contributed by atoms with Crippen molar-refractivity contribution in [3.8, 4) is 0 Å². The predicted molar refractivity (Wildman–Crippen MR) is 94.6 cm³/mol. The third-order valence-corrected chi connectivity index (χ3v) is 4.20. The molecule has 134 valence electrons. The molecular weight excluding hydrogens is 322 g/mol. The molecule has 3 N–H and O–H groups in total. The van der Waals surface area contributed by atoms with Crippen molar-refractivity contribution in [1.82, 2.24) is 10.2 Å². The summed E-state index contributed by atoms with van der Waals surface area (Å²) in [7, 11) is 0. The van der Waals surface area contributed by atoms with E-state index in [9.17, 15) is 9.59 Å². The zero-order valence-electron chi connectivity index (χ0n) is 14.4. The molecule has 0 aromatic heterocycles. The standard InChI is InChI=1S/C13H17N3.C5H6O4/c1-10-12-5-3-2-4-11(12)8-16(10)9-13-14-6-7-15-13;1-3(5(8)9)2-4(6)7/h2-5,10H,6-9H2,1H3,(H,14,15);2H,1H3,(H,6,7)(H,8,9)/b;3-2-. The fourth-order valence-corrected chi connectivity index (χ4v) is 2.82. The van der Waals surface area contributed by atoms with Crippen LogP contribution >= 0.6 is 0 Å². The number of hydrogen-bond acceptors (Lipinski definition) is 5. The average molecular weight is 345 g/mol. The fourth-order valence-electron chi connectivity index (χ4n) is 2.82. The van der Waals surface area contributed by atoms with E-state index in [-0.39, 0.29) is 5.57 Å². The van der Waals surface area contributed by atoms with Gasteiger partial charge in [-0.3, -0.25) is 9.89 Å². The van der Waals surface area contributed by atoms with E-state index in [1.54, 1.807) is 0 Å². The van der Waals surface area contributed by atoms with E-state index in [1.807, 2.05) is 0 Å². The van der Waals surface area contributed by atoms with Crippen LogP contribution in [0.15, 0.2) is 40.9 Å². The summed E-state index contributed by atoms with van der Waals surface area (Å²) in [5, 5.41) is 19.4. The van der Waals surface area contributed by atoms with Crippen LogP contribution in [0.3, 0.4) is 0 Å². The van der Waals surface area contributed by atoms with Crippen molar-refractivity contribution < 1.29 is 19.8 Å². The van der Waals surface area contributed by atoms with Crippen LogP contribution in [0.25, 0.3) is 0 Å². The number of carboxylic acid groups (broad SMARTS) is 2. The Morgan fingerprint density at radius 2 is 2.08 bits per heavy atom. The average Bonchev–Trinajstić information content (AvgIpc) is 3.17. The summed E-state index contributed by atoms with van der Waals surface area (Å²) in [4.78, 5) is 26.6. The summed E-state index contributed by atoms with van der Waals surface area (Å²) in [6.07, 6.45) is 0.641. The molecule has 0 saturated carbocycles. The Hall–Kier alpha value is -2.67. The maximum atomic E-state index is 9.90. The Balaban J connectivity index is 0.000000217. The highest BCUT2D eigenvalue weighted by Crippen LogP contribution is 2.32. The molecule has 7 nitrogen and oxygen atoms in total. The lowest BCUT2D eigenvalue weighted by atomic mass is 10.1. The van der Waals surface area contributed by atoms with Gasteiger partial charge in [0.1, 0.15) is 5.84 Å². The molecular formula is C18H23N3O4. The minimum atomic E-state index is -1.24. The van der Waals surface area contributed by atoms with Gasteiger partial charge in [-0.2, -0.15) is 0 Å². The molecule has 0 fully saturated rings. The zero-order valence-corrected chi connectivity index (χ0v) is 14.4. The van der Waals surface area contributed by atoms with Crippen LogP contribution < -0.4 is 5.32 Å². The van der Waals surface area contributed by atoms with Gasteiger partial charge in [0.05, 0.1) is 13.1 Å². The molecule has 0 radical (unpaired) electrons. The van der Waals surface area contributed by atoms with Crippen molar-refractivity contribution in [3.63, 3.8) is 0 Å². The first-order valence-electron chi connectivity index (χ1n) is 8.12. The van der Waals surface area contributed by atoms with Gasteiger partial charge in [0, 0.05) is 30.8 Å². The van der Waals surface area contributed by atoms with Crippen molar-refractivity contribution >= 4 is 17.8 Å². The number of nitrogens with zero attached hydrogens (tertiary/aromatic N) is 2. The predicted octanol–water partition coefficient (Wildman–Crippen LogP) is 1.67. The lowest BCUT2D eigenvalue weighted by molar-refractivity contribution is -0.135. The van der Waals surface area contributed by atoms with Crippen molar-refractivity contribution in [3.05, 3.63) is 47.0 Å². The normalized spacial score (nSPS) is 19.4. The van der Waals surface area contributed by atoms with E-state index in [1.165, 1.54) is 18.1 Å². The summed E-state index contributed by atoms with van der Waals surface area (Å²) in [6, 6.07) is 9.24. The monoisotopic (exact) mass is 345 g/mol. The Morgan fingerprint density at radius 3 is 2.60 bits per heavy atom. The van der Waals surface area contributed by atoms with E-state index >= 15 is 0 Å². The van der Waals surface area contributed by atoms with Crippen molar-refractivity contribution in [2.24, 2.45) is 4.99 Å². The molecule has 1 atom stereocenters. The number of aliphatic imine (C=N–C) groups is 1. The first-order chi connectivity index (χ1) is 11.9. The molecule has 2 heterocycles. The van der Waals surface area contributed by atoms with Gasteiger partial charge < -0.3 is 15.5 Å². The number of nitrogens with one attached hydrogen (secondary N) is 1. The number of fused-ring (bicyclic) bond motifs is 1. The number of carboxylic acids is 2. The smallest absolute Gasteiger partial charge is 0.331 e. The van der Waals surface area contributed by atoms with Gasteiger partial charge in [0.2, 0.25) is 0 Å². The Kier molecular flexibility index (Phi) is 6.30. The van der Waals surface area contributed by atoms with Gasteiger partial charge in [-0.15, -0.1) is 0 Å². The summed E-state index contributed by atoms with van der Waals surface area (Å²) in [5.41, 5.74) is 2.76. The largest absolute Gasteiger partial charge is 0.478 e. The highest BCUT2D eigenvalue weighted by molar-refractivity contribution is 5.94. The van der Waals surface area contributed by atoms with E-state index < -0.39 is 11.9 Å². The van der Waals surface area contributed by atoms with Crippen LogP contribution in [0.2, 0.25) is 0 Å². The number of aliphatic carboxylic acids is 2. The Labute approximate surface area is 146 Å².